The second-order valence-electron chi connectivity index (χ2n) is 7.03. The summed E-state index contributed by atoms with van der Waals surface area (Å²) in [6, 6.07) is 5.86. The maximum absolute atomic E-state index is 6.26. The zero-order chi connectivity index (χ0) is 19.0. The molecule has 4 rings (SSSR count). The maximum atomic E-state index is 6.26. The summed E-state index contributed by atoms with van der Waals surface area (Å²) in [6.07, 6.45) is 0. The van der Waals surface area contributed by atoms with E-state index in [-0.39, 0.29) is 0 Å². The smallest absolute Gasteiger partial charge is 0.159 e. The number of fused-ring (bicyclic) bond motifs is 1. The molecule has 0 aliphatic carbocycles. The molecule has 1 fully saturated rings. The molecule has 1 saturated heterocycles. The molecule has 1 aliphatic heterocycles. The SMILES string of the molecule is Cc1cc(-c2cc3nc(Cl)cc(N4CCOCC4)n3n2)nn1CCN(C)C. The third kappa shape index (κ3) is 3.78. The Morgan fingerprint density at radius 1 is 1.11 bits per heavy atom. The lowest BCUT2D eigenvalue weighted by atomic mass is 10.3. The van der Waals surface area contributed by atoms with Crippen molar-refractivity contribution in [1.82, 2.24) is 29.3 Å². The molecule has 0 N–H and O–H groups in total. The van der Waals surface area contributed by atoms with Crippen molar-refractivity contribution < 1.29 is 4.74 Å². The second kappa shape index (κ2) is 7.46. The van der Waals surface area contributed by atoms with E-state index >= 15 is 0 Å². The van der Waals surface area contributed by atoms with E-state index in [0.717, 1.165) is 54.7 Å². The number of aromatic nitrogens is 5. The molecule has 0 amide bonds. The van der Waals surface area contributed by atoms with E-state index in [1.807, 2.05) is 21.3 Å². The summed E-state index contributed by atoms with van der Waals surface area (Å²) < 4.78 is 9.32. The number of aryl methyl sites for hydroxylation is 1. The first-order valence-corrected chi connectivity index (χ1v) is 9.47. The summed E-state index contributed by atoms with van der Waals surface area (Å²) >= 11 is 6.26. The number of anilines is 1. The summed E-state index contributed by atoms with van der Waals surface area (Å²) in [5.41, 5.74) is 3.48. The van der Waals surface area contributed by atoms with Crippen LogP contribution >= 0.6 is 11.6 Å². The monoisotopic (exact) mass is 389 g/mol. The van der Waals surface area contributed by atoms with Gasteiger partial charge in [-0.2, -0.15) is 14.7 Å². The first-order valence-electron chi connectivity index (χ1n) is 9.10. The van der Waals surface area contributed by atoms with E-state index in [4.69, 9.17) is 26.5 Å². The van der Waals surface area contributed by atoms with Gasteiger partial charge in [0.15, 0.2) is 5.65 Å². The van der Waals surface area contributed by atoms with E-state index in [0.29, 0.717) is 18.4 Å². The number of morpholine rings is 1. The van der Waals surface area contributed by atoms with Crippen LogP contribution in [-0.2, 0) is 11.3 Å². The van der Waals surface area contributed by atoms with Crippen LogP contribution in [0.3, 0.4) is 0 Å². The Bertz CT molecular complexity index is 943. The van der Waals surface area contributed by atoms with Crippen LogP contribution in [0.1, 0.15) is 5.69 Å². The van der Waals surface area contributed by atoms with Gasteiger partial charge in [0.05, 0.1) is 19.8 Å². The van der Waals surface area contributed by atoms with Crippen molar-refractivity contribution in [3.63, 3.8) is 0 Å². The van der Waals surface area contributed by atoms with Crippen LogP contribution in [0, 0.1) is 6.92 Å². The van der Waals surface area contributed by atoms with Crippen molar-refractivity contribution in [3.05, 3.63) is 29.0 Å². The number of likely N-dealkylation sites (N-methyl/N-ethyl adjacent to an activating group) is 1. The molecule has 0 bridgehead atoms. The Morgan fingerprint density at radius 2 is 1.85 bits per heavy atom. The lowest BCUT2D eigenvalue weighted by molar-refractivity contribution is 0.122. The summed E-state index contributed by atoms with van der Waals surface area (Å²) in [5.74, 6) is 0.934. The van der Waals surface area contributed by atoms with Gasteiger partial charge in [-0.25, -0.2) is 4.98 Å². The number of nitrogens with zero attached hydrogens (tertiary/aromatic N) is 7. The maximum Gasteiger partial charge on any atom is 0.159 e. The largest absolute Gasteiger partial charge is 0.378 e. The molecule has 27 heavy (non-hydrogen) atoms. The normalized spacial score (nSPS) is 15.2. The molecule has 9 heteroatoms. The predicted octanol–water partition coefficient (Wildman–Crippen LogP) is 1.95. The van der Waals surface area contributed by atoms with Crippen molar-refractivity contribution in [1.29, 1.82) is 0 Å². The molecule has 3 aromatic heterocycles. The summed E-state index contributed by atoms with van der Waals surface area (Å²) in [4.78, 5) is 8.80. The van der Waals surface area contributed by atoms with Gasteiger partial charge < -0.3 is 14.5 Å². The minimum absolute atomic E-state index is 0.461. The Morgan fingerprint density at radius 3 is 2.59 bits per heavy atom. The standard InChI is InChI=1S/C18H24ClN7O/c1-13-10-14(21-25(13)5-4-23(2)3)15-11-17-20-16(19)12-18(26(17)22-15)24-6-8-27-9-7-24/h10-12H,4-9H2,1-3H3. The van der Waals surface area contributed by atoms with Crippen LogP contribution in [0.25, 0.3) is 17.0 Å². The van der Waals surface area contributed by atoms with Crippen molar-refractivity contribution >= 4 is 23.1 Å². The zero-order valence-electron chi connectivity index (χ0n) is 15.9. The van der Waals surface area contributed by atoms with E-state index in [2.05, 4.69) is 41.9 Å². The average Bonchev–Trinajstić information content (AvgIpc) is 3.23. The molecule has 0 unspecified atom stereocenters. The molecule has 1 aliphatic rings. The third-order valence-corrected chi connectivity index (χ3v) is 4.91. The first kappa shape index (κ1) is 18.2. The molecule has 0 saturated carbocycles. The van der Waals surface area contributed by atoms with Gasteiger partial charge in [0.2, 0.25) is 0 Å². The van der Waals surface area contributed by atoms with Gasteiger partial charge in [0, 0.05) is 37.5 Å². The summed E-state index contributed by atoms with van der Waals surface area (Å²) in [7, 11) is 4.12. The van der Waals surface area contributed by atoms with Crippen molar-refractivity contribution in [2.75, 3.05) is 51.8 Å². The van der Waals surface area contributed by atoms with Gasteiger partial charge in [0.1, 0.15) is 22.4 Å². The van der Waals surface area contributed by atoms with E-state index in [9.17, 15) is 0 Å². The highest BCUT2D eigenvalue weighted by Gasteiger charge is 2.19. The van der Waals surface area contributed by atoms with E-state index < -0.39 is 0 Å². The predicted molar refractivity (Wildman–Crippen MR) is 106 cm³/mol. The molecule has 4 heterocycles. The van der Waals surface area contributed by atoms with Crippen molar-refractivity contribution in [3.8, 4) is 11.4 Å². The Balaban J connectivity index is 1.70. The van der Waals surface area contributed by atoms with E-state index in [1.165, 1.54) is 0 Å². The topological polar surface area (TPSA) is 63.7 Å². The molecule has 0 aromatic carbocycles. The molecule has 8 nitrogen and oxygen atoms in total. The van der Waals surface area contributed by atoms with Gasteiger partial charge in [-0.3, -0.25) is 4.68 Å². The lowest BCUT2D eigenvalue weighted by Gasteiger charge is -2.28. The first-order chi connectivity index (χ1) is 13.0. The molecule has 0 atom stereocenters. The van der Waals surface area contributed by atoms with Gasteiger partial charge in [-0.05, 0) is 27.1 Å². The number of hydrogen-bond acceptors (Lipinski definition) is 6. The molecular weight excluding hydrogens is 366 g/mol. The number of ether oxygens (including phenoxy) is 1. The second-order valence-corrected chi connectivity index (χ2v) is 7.42. The highest BCUT2D eigenvalue weighted by Crippen LogP contribution is 2.25. The quantitative estimate of drug-likeness (QED) is 0.621. The lowest BCUT2D eigenvalue weighted by Crippen LogP contribution is -2.37. The van der Waals surface area contributed by atoms with Gasteiger partial charge >= 0.3 is 0 Å². The van der Waals surface area contributed by atoms with Crippen molar-refractivity contribution in [2.24, 2.45) is 0 Å². The van der Waals surface area contributed by atoms with Crippen LogP contribution in [0.2, 0.25) is 5.15 Å². The molecule has 0 radical (unpaired) electrons. The Labute approximate surface area is 163 Å². The molecule has 0 spiro atoms. The number of hydrogen-bond donors (Lipinski definition) is 0. The van der Waals surface area contributed by atoms with Crippen LogP contribution in [0.15, 0.2) is 18.2 Å². The number of rotatable bonds is 5. The molecule has 144 valence electrons. The Hall–Kier alpha value is -2.16. The van der Waals surface area contributed by atoms with Crippen LogP contribution in [0.4, 0.5) is 5.82 Å². The summed E-state index contributed by atoms with van der Waals surface area (Å²) in [6.45, 7) is 6.86. The van der Waals surface area contributed by atoms with Gasteiger partial charge in [-0.1, -0.05) is 11.6 Å². The Kier molecular flexibility index (Phi) is 5.03. The van der Waals surface area contributed by atoms with Crippen LogP contribution in [-0.4, -0.2) is 76.2 Å². The fraction of sp³-hybridized carbons (Fsp3) is 0.500. The minimum atomic E-state index is 0.461. The zero-order valence-corrected chi connectivity index (χ0v) is 16.6. The highest BCUT2D eigenvalue weighted by molar-refractivity contribution is 6.29. The van der Waals surface area contributed by atoms with Gasteiger partial charge in [0.25, 0.3) is 0 Å². The van der Waals surface area contributed by atoms with Crippen LogP contribution in [0.5, 0.6) is 0 Å². The molecular formula is C18H24ClN7O. The highest BCUT2D eigenvalue weighted by atomic mass is 35.5. The average molecular weight is 390 g/mol. The van der Waals surface area contributed by atoms with E-state index in [1.54, 1.807) is 0 Å². The van der Waals surface area contributed by atoms with Crippen molar-refractivity contribution in [2.45, 2.75) is 13.5 Å². The van der Waals surface area contributed by atoms with Crippen LogP contribution < -0.4 is 4.90 Å². The summed E-state index contributed by atoms with van der Waals surface area (Å²) in [5, 5.41) is 9.97. The molecule has 3 aromatic rings. The third-order valence-electron chi connectivity index (χ3n) is 4.71. The number of halogens is 1. The fourth-order valence-electron chi connectivity index (χ4n) is 3.23. The van der Waals surface area contributed by atoms with Gasteiger partial charge in [-0.15, -0.1) is 0 Å². The minimum Gasteiger partial charge on any atom is -0.378 e. The fourth-order valence-corrected chi connectivity index (χ4v) is 3.41.